The number of nitrogens with one attached hydrogen (secondary N) is 3. The van der Waals surface area contributed by atoms with Crippen molar-refractivity contribution in [1.82, 2.24) is 20.0 Å². The quantitative estimate of drug-likeness (QED) is 0.207. The highest BCUT2D eigenvalue weighted by atomic mass is 32.2. The zero-order valence-electron chi connectivity index (χ0n) is 23.7. The van der Waals surface area contributed by atoms with Gasteiger partial charge in [0.1, 0.15) is 22.6 Å². The normalized spacial score (nSPS) is 15.7. The van der Waals surface area contributed by atoms with Crippen LogP contribution in [0.5, 0.6) is 0 Å². The highest BCUT2D eigenvalue weighted by Gasteiger charge is 2.16. The lowest BCUT2D eigenvalue weighted by atomic mass is 10.2. The third-order valence-corrected chi connectivity index (χ3v) is 6.91. The lowest BCUT2D eigenvalue weighted by Crippen LogP contribution is -2.39. The summed E-state index contributed by atoms with van der Waals surface area (Å²) in [6, 6.07) is 11.8. The molecule has 10 nitrogen and oxygen atoms in total. The predicted molar refractivity (Wildman–Crippen MR) is 169 cm³/mol. The number of allylic oxidation sites excluding steroid dienone is 1. The summed E-state index contributed by atoms with van der Waals surface area (Å²) in [4.78, 5) is 21.1. The maximum atomic E-state index is 11.9. The Morgan fingerprint density at radius 1 is 1.25 bits per heavy atom. The molecule has 0 saturated carbocycles. The molecule has 0 bridgehead atoms. The molecule has 3 rings (SSSR count). The van der Waals surface area contributed by atoms with Gasteiger partial charge in [0.2, 0.25) is 5.96 Å². The first-order chi connectivity index (χ1) is 19.3. The standard InChI is InChI=1S/C28H40N8O2S2/c1-6-22(4)31-28(39-17-12-21(2)3)34-24-18-26(36-13-15-38-16-14-36)33-25(32-24)20-30-27(35-40(5)37)29-19-23-10-8-7-9-11-23/h6-12,18,22H,1,13-17,19-20H2,2-5H3,(H2,29,30,35)(H,31,32,33,34). The van der Waals surface area contributed by atoms with Gasteiger partial charge in [0, 0.05) is 31.2 Å². The molecule has 12 heteroatoms. The molecule has 0 radical (unpaired) electrons. The minimum atomic E-state index is -1.30. The van der Waals surface area contributed by atoms with Crippen molar-refractivity contribution in [1.29, 1.82) is 0 Å². The molecule has 2 atom stereocenters. The van der Waals surface area contributed by atoms with E-state index in [9.17, 15) is 4.21 Å². The highest BCUT2D eigenvalue weighted by Crippen LogP contribution is 2.20. The second kappa shape index (κ2) is 16.8. The van der Waals surface area contributed by atoms with Gasteiger partial charge < -0.3 is 20.3 Å². The van der Waals surface area contributed by atoms with Crippen LogP contribution in [0.1, 0.15) is 32.2 Å². The number of amidine groups is 1. The molecule has 216 valence electrons. The zero-order chi connectivity index (χ0) is 28.7. The SMILES string of the molecule is C=CC(C)N=C(Nc1cc(N2CCOCC2)nc(CNC(=NCc2ccccc2)NS(C)=O)n1)SCC=C(C)C. The lowest BCUT2D eigenvalue weighted by molar-refractivity contribution is 0.122. The number of morpholine rings is 1. The van der Waals surface area contributed by atoms with E-state index in [0.717, 1.165) is 35.4 Å². The van der Waals surface area contributed by atoms with Crippen molar-refractivity contribution in [3.63, 3.8) is 0 Å². The second-order valence-electron chi connectivity index (χ2n) is 9.32. The molecule has 2 unspecified atom stereocenters. The van der Waals surface area contributed by atoms with Crippen molar-refractivity contribution in [2.75, 3.05) is 48.5 Å². The molecular formula is C28H40N8O2S2. The van der Waals surface area contributed by atoms with Gasteiger partial charge in [0.05, 0.1) is 32.3 Å². The number of hydrogen-bond donors (Lipinski definition) is 3. The minimum Gasteiger partial charge on any atom is -0.378 e. The molecule has 0 amide bonds. The molecule has 1 aromatic heterocycles. The maximum absolute atomic E-state index is 11.9. The van der Waals surface area contributed by atoms with Gasteiger partial charge in [-0.2, -0.15) is 0 Å². The number of rotatable bonds is 11. The van der Waals surface area contributed by atoms with E-state index in [2.05, 4.69) is 51.8 Å². The number of guanidine groups is 1. The van der Waals surface area contributed by atoms with Gasteiger partial charge in [-0.25, -0.2) is 19.2 Å². The molecule has 1 fully saturated rings. The average Bonchev–Trinajstić information content (AvgIpc) is 2.95. The number of ether oxygens (including phenoxy) is 1. The first-order valence-electron chi connectivity index (χ1n) is 13.2. The van der Waals surface area contributed by atoms with E-state index >= 15 is 0 Å². The van der Waals surface area contributed by atoms with Crippen LogP contribution >= 0.6 is 11.8 Å². The Hall–Kier alpha value is -3.22. The van der Waals surface area contributed by atoms with E-state index in [1.54, 1.807) is 24.1 Å². The Labute approximate surface area is 244 Å². The topological polar surface area (TPSA) is 116 Å². The second-order valence-corrected chi connectivity index (χ2v) is 11.4. The highest BCUT2D eigenvalue weighted by molar-refractivity contribution is 8.14. The molecule has 1 aromatic carbocycles. The first-order valence-corrected chi connectivity index (χ1v) is 15.7. The van der Waals surface area contributed by atoms with Gasteiger partial charge in [-0.1, -0.05) is 59.8 Å². The van der Waals surface area contributed by atoms with Gasteiger partial charge in [0.15, 0.2) is 11.0 Å². The minimum absolute atomic E-state index is 0.0484. The Morgan fingerprint density at radius 3 is 2.67 bits per heavy atom. The van der Waals surface area contributed by atoms with E-state index in [4.69, 9.17) is 19.7 Å². The van der Waals surface area contributed by atoms with Crippen molar-refractivity contribution >= 4 is 45.5 Å². The van der Waals surface area contributed by atoms with Gasteiger partial charge >= 0.3 is 0 Å². The van der Waals surface area contributed by atoms with Crippen LogP contribution in [0.2, 0.25) is 0 Å². The van der Waals surface area contributed by atoms with E-state index in [1.165, 1.54) is 5.57 Å². The van der Waals surface area contributed by atoms with Crippen LogP contribution in [0, 0.1) is 0 Å². The molecule has 1 aliphatic heterocycles. The third kappa shape index (κ3) is 11.5. The van der Waals surface area contributed by atoms with Crippen molar-refractivity contribution in [3.8, 4) is 0 Å². The van der Waals surface area contributed by atoms with Crippen LogP contribution in [-0.4, -0.2) is 69.7 Å². The number of aliphatic imine (C=N–C) groups is 2. The van der Waals surface area contributed by atoms with Gasteiger partial charge in [0.25, 0.3) is 0 Å². The summed E-state index contributed by atoms with van der Waals surface area (Å²) < 4.78 is 20.4. The summed E-state index contributed by atoms with van der Waals surface area (Å²) in [6.07, 6.45) is 5.53. The van der Waals surface area contributed by atoms with Crippen LogP contribution in [0.4, 0.5) is 11.6 Å². The Bertz CT molecular complexity index is 1210. The van der Waals surface area contributed by atoms with Crippen molar-refractivity contribution in [3.05, 3.63) is 72.1 Å². The summed E-state index contributed by atoms with van der Waals surface area (Å²) in [7, 11) is -1.30. The van der Waals surface area contributed by atoms with E-state index in [1.807, 2.05) is 43.3 Å². The van der Waals surface area contributed by atoms with E-state index < -0.39 is 11.0 Å². The molecule has 3 N–H and O–H groups in total. The van der Waals surface area contributed by atoms with Crippen molar-refractivity contribution < 1.29 is 8.95 Å². The van der Waals surface area contributed by atoms with E-state index in [-0.39, 0.29) is 12.6 Å². The number of benzene rings is 1. The van der Waals surface area contributed by atoms with Crippen LogP contribution in [0.25, 0.3) is 0 Å². The zero-order valence-corrected chi connectivity index (χ0v) is 25.4. The number of anilines is 2. The lowest BCUT2D eigenvalue weighted by Gasteiger charge is -2.28. The fraction of sp³-hybridized carbons (Fsp3) is 0.429. The van der Waals surface area contributed by atoms with Gasteiger partial charge in [-0.15, -0.1) is 6.58 Å². The maximum Gasteiger partial charge on any atom is 0.204 e. The smallest absolute Gasteiger partial charge is 0.204 e. The van der Waals surface area contributed by atoms with E-state index in [0.29, 0.717) is 37.4 Å². The number of aromatic nitrogens is 2. The molecule has 0 spiro atoms. The largest absolute Gasteiger partial charge is 0.378 e. The first kappa shape index (κ1) is 31.3. The summed E-state index contributed by atoms with van der Waals surface area (Å²) in [5, 5.41) is 7.39. The Balaban J connectivity index is 1.85. The summed E-state index contributed by atoms with van der Waals surface area (Å²) in [6.45, 7) is 13.5. The van der Waals surface area contributed by atoms with Crippen LogP contribution in [0.15, 0.2) is 70.7 Å². The molecule has 0 aliphatic carbocycles. The predicted octanol–water partition coefficient (Wildman–Crippen LogP) is 3.88. The van der Waals surface area contributed by atoms with Crippen LogP contribution in [-0.2, 0) is 28.8 Å². The summed E-state index contributed by atoms with van der Waals surface area (Å²) in [5.74, 6) is 3.21. The Kier molecular flexibility index (Phi) is 13.1. The molecule has 40 heavy (non-hydrogen) atoms. The van der Waals surface area contributed by atoms with Crippen LogP contribution in [0.3, 0.4) is 0 Å². The fourth-order valence-corrected chi connectivity index (χ4v) is 4.90. The van der Waals surface area contributed by atoms with Gasteiger partial charge in [-0.05, 0) is 26.3 Å². The molecule has 2 aromatic rings. The number of hydrogen-bond acceptors (Lipinski definition) is 8. The van der Waals surface area contributed by atoms with Crippen LogP contribution < -0.4 is 20.3 Å². The van der Waals surface area contributed by atoms with Crippen molar-refractivity contribution in [2.45, 2.75) is 39.9 Å². The average molecular weight is 585 g/mol. The molecule has 2 heterocycles. The number of nitrogens with zero attached hydrogens (tertiary/aromatic N) is 5. The van der Waals surface area contributed by atoms with Gasteiger partial charge in [-0.3, -0.25) is 9.71 Å². The third-order valence-electron chi connectivity index (χ3n) is 5.62. The molecule has 1 saturated heterocycles. The summed E-state index contributed by atoms with van der Waals surface area (Å²) >= 11 is 1.61. The summed E-state index contributed by atoms with van der Waals surface area (Å²) in [5.41, 5.74) is 2.30. The van der Waals surface area contributed by atoms with Crippen molar-refractivity contribution in [2.24, 2.45) is 9.98 Å². The number of thioether (sulfide) groups is 1. The fourth-order valence-electron chi connectivity index (χ4n) is 3.50. The molecular weight excluding hydrogens is 544 g/mol. The Morgan fingerprint density at radius 2 is 2.00 bits per heavy atom. The monoisotopic (exact) mass is 584 g/mol. The molecule has 1 aliphatic rings.